The minimum Gasteiger partial charge on any atom is -0.395 e. The highest BCUT2D eigenvalue weighted by Gasteiger charge is 2.40. The van der Waals surface area contributed by atoms with Gasteiger partial charge in [0.15, 0.2) is 0 Å². The number of benzene rings is 1. The fourth-order valence-electron chi connectivity index (χ4n) is 4.05. The maximum Gasteiger partial charge on any atom is 0.251 e. The van der Waals surface area contributed by atoms with Crippen molar-refractivity contribution in [3.63, 3.8) is 0 Å². The molecule has 1 aromatic carbocycles. The molecule has 0 fully saturated rings. The van der Waals surface area contributed by atoms with Crippen molar-refractivity contribution < 1.29 is 18.7 Å². The Morgan fingerprint density at radius 1 is 1.22 bits per heavy atom. The molecule has 2 aromatic heterocycles. The summed E-state index contributed by atoms with van der Waals surface area (Å²) in [6.45, 7) is -0.0493. The van der Waals surface area contributed by atoms with Gasteiger partial charge in [-0.25, -0.2) is 8.78 Å². The van der Waals surface area contributed by atoms with Crippen LogP contribution in [0.15, 0.2) is 42.6 Å². The Kier molecular flexibility index (Phi) is 5.93. The Morgan fingerprint density at radius 2 is 2.00 bits per heavy atom. The zero-order valence-electron chi connectivity index (χ0n) is 17.1. The molecule has 2 heterocycles. The molecule has 3 aromatic rings. The van der Waals surface area contributed by atoms with Crippen molar-refractivity contribution in [2.75, 3.05) is 13.2 Å². The molecule has 2 N–H and O–H groups in total. The minimum absolute atomic E-state index is 0.0947. The number of carbonyl (C=O) groups excluding carboxylic acids is 1. The fraction of sp³-hybridized carbons (Fsp3) is 0.250. The molecule has 8 heteroatoms. The van der Waals surface area contributed by atoms with Crippen LogP contribution in [0.2, 0.25) is 0 Å². The quantitative estimate of drug-likeness (QED) is 0.603. The summed E-state index contributed by atoms with van der Waals surface area (Å²) in [4.78, 5) is 16.8. The SMILES string of the molecule is C#C[C@]1(c2cc(C(=O)NCCO)ccn2)CCCc2cc(-c3c(F)cccc3F)nnc21. The lowest BCUT2D eigenvalue weighted by Crippen LogP contribution is -2.34. The Labute approximate surface area is 183 Å². The number of nitrogens with one attached hydrogen (secondary N) is 1. The van der Waals surface area contributed by atoms with E-state index in [4.69, 9.17) is 11.5 Å². The van der Waals surface area contributed by atoms with Gasteiger partial charge in [0.1, 0.15) is 17.0 Å². The molecule has 0 saturated carbocycles. The first-order valence-corrected chi connectivity index (χ1v) is 10.1. The molecular weight excluding hydrogens is 414 g/mol. The van der Waals surface area contributed by atoms with Crippen LogP contribution in [0.4, 0.5) is 8.78 Å². The number of pyridine rings is 1. The van der Waals surface area contributed by atoms with E-state index in [1.54, 1.807) is 18.2 Å². The van der Waals surface area contributed by atoms with E-state index >= 15 is 0 Å². The van der Waals surface area contributed by atoms with Gasteiger partial charge in [0.2, 0.25) is 0 Å². The van der Waals surface area contributed by atoms with Crippen molar-refractivity contribution in [1.29, 1.82) is 0 Å². The normalized spacial score (nSPS) is 17.3. The summed E-state index contributed by atoms with van der Waals surface area (Å²) < 4.78 is 28.5. The Hall–Kier alpha value is -3.70. The van der Waals surface area contributed by atoms with Crippen LogP contribution >= 0.6 is 0 Å². The molecular formula is C24H20F2N4O2. The maximum atomic E-state index is 14.3. The highest BCUT2D eigenvalue weighted by Crippen LogP contribution is 2.41. The molecule has 1 aliphatic carbocycles. The van der Waals surface area contributed by atoms with E-state index in [9.17, 15) is 13.6 Å². The number of aromatic nitrogens is 3. The molecule has 1 aliphatic rings. The number of terminal acetylenes is 1. The molecule has 0 bridgehead atoms. The summed E-state index contributed by atoms with van der Waals surface area (Å²) in [5.74, 6) is 0.996. The highest BCUT2D eigenvalue weighted by atomic mass is 19.1. The number of nitrogens with zero attached hydrogens (tertiary/aromatic N) is 3. The van der Waals surface area contributed by atoms with Crippen LogP contribution < -0.4 is 5.32 Å². The third-order valence-electron chi connectivity index (χ3n) is 5.60. The van der Waals surface area contributed by atoms with Gasteiger partial charge < -0.3 is 10.4 Å². The number of fused-ring (bicyclic) bond motifs is 1. The molecule has 162 valence electrons. The van der Waals surface area contributed by atoms with E-state index in [1.807, 2.05) is 0 Å². The predicted molar refractivity (Wildman–Crippen MR) is 114 cm³/mol. The number of amides is 1. The van der Waals surface area contributed by atoms with E-state index in [1.165, 1.54) is 24.4 Å². The van der Waals surface area contributed by atoms with Gasteiger partial charge in [0.25, 0.3) is 5.91 Å². The number of aliphatic hydroxyl groups is 1. The van der Waals surface area contributed by atoms with E-state index < -0.39 is 17.0 Å². The van der Waals surface area contributed by atoms with E-state index in [-0.39, 0.29) is 30.3 Å². The van der Waals surface area contributed by atoms with Crippen molar-refractivity contribution in [2.24, 2.45) is 0 Å². The molecule has 0 radical (unpaired) electrons. The Balaban J connectivity index is 1.79. The summed E-state index contributed by atoms with van der Waals surface area (Å²) in [5.41, 5.74) is 0.878. The number of halogens is 2. The number of rotatable bonds is 5. The van der Waals surface area contributed by atoms with Gasteiger partial charge in [-0.3, -0.25) is 9.78 Å². The van der Waals surface area contributed by atoms with Crippen LogP contribution in [0.3, 0.4) is 0 Å². The van der Waals surface area contributed by atoms with Crippen LogP contribution in [0, 0.1) is 24.0 Å². The third-order valence-corrected chi connectivity index (χ3v) is 5.60. The van der Waals surface area contributed by atoms with Crippen LogP contribution in [0.1, 0.15) is 40.2 Å². The van der Waals surface area contributed by atoms with Gasteiger partial charge in [0.05, 0.1) is 29.3 Å². The van der Waals surface area contributed by atoms with Crippen LogP contribution in [-0.4, -0.2) is 39.3 Å². The molecule has 0 saturated heterocycles. The summed E-state index contributed by atoms with van der Waals surface area (Å²) in [6, 6.07) is 8.41. The lowest BCUT2D eigenvalue weighted by atomic mass is 9.71. The number of aliphatic hydroxyl groups excluding tert-OH is 1. The third kappa shape index (κ3) is 3.72. The summed E-state index contributed by atoms with van der Waals surface area (Å²) >= 11 is 0. The second-order valence-electron chi connectivity index (χ2n) is 7.51. The molecule has 0 unspecified atom stereocenters. The van der Waals surface area contributed by atoms with Crippen molar-refractivity contribution in [2.45, 2.75) is 24.7 Å². The van der Waals surface area contributed by atoms with Crippen molar-refractivity contribution in [1.82, 2.24) is 20.5 Å². The van der Waals surface area contributed by atoms with E-state index in [2.05, 4.69) is 26.4 Å². The Bertz CT molecular complexity index is 1200. The zero-order chi connectivity index (χ0) is 22.7. The second-order valence-corrected chi connectivity index (χ2v) is 7.51. The summed E-state index contributed by atoms with van der Waals surface area (Å²) in [5, 5.41) is 19.9. The molecule has 0 spiro atoms. The maximum absolute atomic E-state index is 14.3. The summed E-state index contributed by atoms with van der Waals surface area (Å²) in [6.07, 6.45) is 9.32. The van der Waals surface area contributed by atoms with Crippen LogP contribution in [-0.2, 0) is 11.8 Å². The number of carbonyl (C=O) groups is 1. The first-order valence-electron chi connectivity index (χ1n) is 10.1. The molecule has 6 nitrogen and oxygen atoms in total. The molecule has 1 amide bonds. The van der Waals surface area contributed by atoms with Gasteiger partial charge in [-0.1, -0.05) is 12.0 Å². The topological polar surface area (TPSA) is 88.0 Å². The molecule has 32 heavy (non-hydrogen) atoms. The van der Waals surface area contributed by atoms with Gasteiger partial charge in [-0.15, -0.1) is 11.5 Å². The number of hydrogen-bond donors (Lipinski definition) is 2. The van der Waals surface area contributed by atoms with Crippen molar-refractivity contribution in [3.8, 4) is 23.6 Å². The minimum atomic E-state index is -1.03. The first-order chi connectivity index (χ1) is 15.5. The molecule has 0 aliphatic heterocycles. The number of hydrogen-bond acceptors (Lipinski definition) is 5. The average Bonchev–Trinajstić information content (AvgIpc) is 2.82. The van der Waals surface area contributed by atoms with Crippen molar-refractivity contribution in [3.05, 3.63) is 76.7 Å². The monoisotopic (exact) mass is 434 g/mol. The predicted octanol–water partition coefficient (Wildman–Crippen LogP) is 2.79. The van der Waals surface area contributed by atoms with E-state index in [0.29, 0.717) is 36.2 Å². The molecule has 1 atom stereocenters. The van der Waals surface area contributed by atoms with Gasteiger partial charge in [0, 0.05) is 18.3 Å². The van der Waals surface area contributed by atoms with Gasteiger partial charge >= 0.3 is 0 Å². The summed E-state index contributed by atoms with van der Waals surface area (Å²) in [7, 11) is 0. The van der Waals surface area contributed by atoms with Crippen LogP contribution in [0.5, 0.6) is 0 Å². The standard InChI is InChI=1S/C24H20F2N4O2/c1-2-24(20-14-16(8-10-27-20)23(32)28-11-12-31)9-4-5-15-13-19(29-30-22(15)24)21-17(25)6-3-7-18(21)26/h1,3,6-8,10,13-14,31H,4-5,9,11-12H2,(H,28,32)/t24-/m1/s1. The zero-order valence-corrected chi connectivity index (χ0v) is 17.1. The van der Waals surface area contributed by atoms with Gasteiger partial charge in [-0.05, 0) is 55.2 Å². The average molecular weight is 434 g/mol. The van der Waals surface area contributed by atoms with Crippen molar-refractivity contribution >= 4 is 5.91 Å². The van der Waals surface area contributed by atoms with Crippen LogP contribution in [0.25, 0.3) is 11.3 Å². The van der Waals surface area contributed by atoms with Gasteiger partial charge in [-0.2, -0.15) is 5.10 Å². The fourth-order valence-corrected chi connectivity index (χ4v) is 4.05. The smallest absolute Gasteiger partial charge is 0.251 e. The second kappa shape index (κ2) is 8.81. The largest absolute Gasteiger partial charge is 0.395 e. The first kappa shape index (κ1) is 21.5. The Morgan fingerprint density at radius 3 is 2.72 bits per heavy atom. The lowest BCUT2D eigenvalue weighted by molar-refractivity contribution is 0.0944. The highest BCUT2D eigenvalue weighted by molar-refractivity contribution is 5.94. The molecule has 4 rings (SSSR count). The number of aryl methyl sites for hydroxylation is 1. The lowest BCUT2D eigenvalue weighted by Gasteiger charge is -2.33. The van der Waals surface area contributed by atoms with E-state index in [0.717, 1.165) is 5.56 Å².